The number of imidazole rings is 1. The number of rotatable bonds is 5. The van der Waals surface area contributed by atoms with E-state index in [1.807, 2.05) is 22.9 Å². The molecule has 0 spiro atoms. The number of pyridine rings is 3. The zero-order chi connectivity index (χ0) is 24.9. The van der Waals surface area contributed by atoms with Crippen LogP contribution in [0.5, 0.6) is 0 Å². The van der Waals surface area contributed by atoms with Crippen LogP contribution in [0, 0.1) is 11.7 Å². The van der Waals surface area contributed by atoms with Gasteiger partial charge in [0, 0.05) is 29.4 Å². The predicted molar refractivity (Wildman–Crippen MR) is 139 cm³/mol. The lowest BCUT2D eigenvalue weighted by molar-refractivity contribution is -0.122. The fourth-order valence-corrected chi connectivity index (χ4v) is 5.24. The molecule has 3 N–H and O–H groups in total. The molecular weight excluding hydrogens is 491 g/mol. The molecule has 0 aromatic carbocycles. The van der Waals surface area contributed by atoms with Gasteiger partial charge in [0.1, 0.15) is 11.4 Å². The quantitative estimate of drug-likeness (QED) is 0.279. The summed E-state index contributed by atoms with van der Waals surface area (Å²) in [5, 5.41) is 14.4. The van der Waals surface area contributed by atoms with Crippen LogP contribution in [0.1, 0.15) is 19.3 Å². The molecule has 6 aromatic rings. The molecular formula is C26H19FN8OS. The molecule has 1 saturated carbocycles. The summed E-state index contributed by atoms with van der Waals surface area (Å²) in [5.41, 5.74) is 5.10. The first-order chi connectivity index (χ1) is 18.2. The monoisotopic (exact) mass is 510 g/mol. The van der Waals surface area contributed by atoms with Gasteiger partial charge >= 0.3 is 0 Å². The van der Waals surface area contributed by atoms with Crippen LogP contribution in [-0.4, -0.2) is 41.0 Å². The number of hydrogen-bond donors (Lipinski definition) is 3. The molecule has 0 bridgehead atoms. The third-order valence-electron chi connectivity index (χ3n) is 6.75. The van der Waals surface area contributed by atoms with Crippen LogP contribution in [-0.2, 0) is 4.79 Å². The molecule has 0 aliphatic heterocycles. The highest BCUT2D eigenvalue weighted by molar-refractivity contribution is 7.08. The molecule has 7 rings (SSSR count). The smallest absolute Gasteiger partial charge is 0.227 e. The van der Waals surface area contributed by atoms with Crippen LogP contribution in [0.3, 0.4) is 0 Å². The Morgan fingerprint density at radius 3 is 2.84 bits per heavy atom. The van der Waals surface area contributed by atoms with Crippen molar-refractivity contribution in [2.24, 2.45) is 5.92 Å². The predicted octanol–water partition coefficient (Wildman–Crippen LogP) is 5.56. The molecule has 37 heavy (non-hydrogen) atoms. The molecule has 0 atom stereocenters. The van der Waals surface area contributed by atoms with Crippen LogP contribution in [0.25, 0.3) is 56.0 Å². The summed E-state index contributed by atoms with van der Waals surface area (Å²) in [7, 11) is 0. The molecule has 9 nitrogen and oxygen atoms in total. The first-order valence-corrected chi connectivity index (χ1v) is 12.8. The van der Waals surface area contributed by atoms with E-state index in [-0.39, 0.29) is 22.9 Å². The van der Waals surface area contributed by atoms with Gasteiger partial charge in [-0.15, -0.1) is 0 Å². The van der Waals surface area contributed by atoms with Crippen LogP contribution in [0.2, 0.25) is 0 Å². The maximum Gasteiger partial charge on any atom is 0.227 e. The summed E-state index contributed by atoms with van der Waals surface area (Å²) < 4.78 is 16.0. The first kappa shape index (κ1) is 21.7. The Labute approximate surface area is 213 Å². The van der Waals surface area contributed by atoms with Gasteiger partial charge in [-0.05, 0) is 47.4 Å². The van der Waals surface area contributed by atoms with E-state index < -0.39 is 5.82 Å². The molecule has 11 heteroatoms. The number of H-pyrrole nitrogens is 2. The van der Waals surface area contributed by atoms with Gasteiger partial charge in [-0.1, -0.05) is 6.42 Å². The summed E-state index contributed by atoms with van der Waals surface area (Å²) in [5.74, 6) is -0.169. The molecule has 1 aliphatic rings. The van der Waals surface area contributed by atoms with E-state index in [9.17, 15) is 4.79 Å². The van der Waals surface area contributed by atoms with Gasteiger partial charge in [-0.3, -0.25) is 19.9 Å². The minimum atomic E-state index is -0.558. The second kappa shape index (κ2) is 8.56. The number of aromatic nitrogens is 7. The lowest BCUT2D eigenvalue weighted by Crippen LogP contribution is -2.28. The molecule has 6 heterocycles. The van der Waals surface area contributed by atoms with Crippen LogP contribution in [0.15, 0.2) is 53.7 Å². The van der Waals surface area contributed by atoms with Crippen molar-refractivity contribution < 1.29 is 9.18 Å². The van der Waals surface area contributed by atoms with E-state index in [0.29, 0.717) is 33.9 Å². The van der Waals surface area contributed by atoms with E-state index in [1.165, 1.54) is 12.4 Å². The molecule has 1 aliphatic carbocycles. The highest BCUT2D eigenvalue weighted by Crippen LogP contribution is 2.35. The number of carbonyl (C=O) groups is 1. The molecule has 0 unspecified atom stereocenters. The SMILES string of the molecule is O=C(Nc1cncc(-c2ncc3[nH]nc(-c4nc5nccc(-c6ccsc6)c5[nH]4)c3c2F)c1)C1CCC1. The zero-order valence-electron chi connectivity index (χ0n) is 19.3. The Morgan fingerprint density at radius 1 is 1.11 bits per heavy atom. The molecule has 0 saturated heterocycles. The first-order valence-electron chi connectivity index (χ1n) is 11.8. The Kier molecular flexibility index (Phi) is 5.03. The van der Waals surface area contributed by atoms with Crippen molar-refractivity contribution in [3.63, 3.8) is 0 Å². The van der Waals surface area contributed by atoms with Gasteiger partial charge < -0.3 is 10.3 Å². The van der Waals surface area contributed by atoms with Crippen molar-refractivity contribution >= 4 is 45.0 Å². The number of thiophene rings is 1. The highest BCUT2D eigenvalue weighted by Gasteiger charge is 2.26. The summed E-state index contributed by atoms with van der Waals surface area (Å²) in [4.78, 5) is 33.2. The lowest BCUT2D eigenvalue weighted by atomic mass is 9.85. The molecule has 182 valence electrons. The minimum Gasteiger partial charge on any atom is -0.335 e. The molecule has 0 radical (unpaired) electrons. The van der Waals surface area contributed by atoms with Crippen LogP contribution in [0.4, 0.5) is 10.1 Å². The molecule has 1 amide bonds. The van der Waals surface area contributed by atoms with Crippen molar-refractivity contribution in [1.29, 1.82) is 0 Å². The van der Waals surface area contributed by atoms with Crippen molar-refractivity contribution in [3.05, 3.63) is 59.6 Å². The number of aromatic amines is 2. The maximum atomic E-state index is 16.0. The van der Waals surface area contributed by atoms with Gasteiger partial charge in [-0.2, -0.15) is 16.4 Å². The fraction of sp³-hybridized carbons (Fsp3) is 0.154. The number of hydrogen-bond acceptors (Lipinski definition) is 7. The Morgan fingerprint density at radius 2 is 2.03 bits per heavy atom. The van der Waals surface area contributed by atoms with Crippen LogP contribution < -0.4 is 5.32 Å². The summed E-state index contributed by atoms with van der Waals surface area (Å²) >= 11 is 1.60. The van der Waals surface area contributed by atoms with E-state index in [2.05, 4.69) is 40.4 Å². The van der Waals surface area contributed by atoms with E-state index in [4.69, 9.17) is 0 Å². The second-order valence-electron chi connectivity index (χ2n) is 9.02. The van der Waals surface area contributed by atoms with Gasteiger partial charge in [0.2, 0.25) is 5.91 Å². The standard InChI is InChI=1S/C26H19FN8OS/c27-20-19-18(11-30-21(20)15-8-16(10-28-9-15)31-26(36)13-2-1-3-13)34-35-23(19)25-32-22-17(14-5-7-37-12-14)4-6-29-24(22)33-25/h4-13H,1-3H2,(H,31,36)(H,34,35)(H,29,32,33). The molecule has 6 aromatic heterocycles. The van der Waals surface area contributed by atoms with Gasteiger partial charge in [0.25, 0.3) is 0 Å². The average Bonchev–Trinajstić information content (AvgIpc) is 3.62. The van der Waals surface area contributed by atoms with Gasteiger partial charge in [0.05, 0.1) is 34.5 Å². The van der Waals surface area contributed by atoms with Crippen molar-refractivity contribution in [1.82, 2.24) is 35.1 Å². The number of anilines is 1. The number of halogens is 1. The van der Waals surface area contributed by atoms with Crippen molar-refractivity contribution in [2.45, 2.75) is 19.3 Å². The van der Waals surface area contributed by atoms with Gasteiger partial charge in [-0.25, -0.2) is 14.4 Å². The van der Waals surface area contributed by atoms with Crippen molar-refractivity contribution in [2.75, 3.05) is 5.32 Å². The number of amides is 1. The Bertz CT molecular complexity index is 1790. The topological polar surface area (TPSA) is 125 Å². The fourth-order valence-electron chi connectivity index (χ4n) is 4.58. The van der Waals surface area contributed by atoms with E-state index in [0.717, 1.165) is 35.9 Å². The van der Waals surface area contributed by atoms with Gasteiger partial charge in [0.15, 0.2) is 17.3 Å². The average molecular weight is 511 g/mol. The number of nitrogens with zero attached hydrogens (tertiary/aromatic N) is 5. The Hall–Kier alpha value is -4.51. The van der Waals surface area contributed by atoms with Crippen molar-refractivity contribution in [3.8, 4) is 33.9 Å². The lowest BCUT2D eigenvalue weighted by Gasteiger charge is -2.24. The minimum absolute atomic E-state index is 0.0295. The third-order valence-corrected chi connectivity index (χ3v) is 7.43. The summed E-state index contributed by atoms with van der Waals surface area (Å²) in [6.07, 6.45) is 9.15. The number of carbonyl (C=O) groups excluding carboxylic acids is 1. The summed E-state index contributed by atoms with van der Waals surface area (Å²) in [6, 6.07) is 5.62. The normalized spacial score (nSPS) is 13.8. The Balaban J connectivity index is 1.30. The van der Waals surface area contributed by atoms with Crippen LogP contribution >= 0.6 is 11.3 Å². The zero-order valence-corrected chi connectivity index (χ0v) is 20.1. The third kappa shape index (κ3) is 3.66. The van der Waals surface area contributed by atoms with E-state index >= 15 is 4.39 Å². The summed E-state index contributed by atoms with van der Waals surface area (Å²) in [6.45, 7) is 0. The second-order valence-corrected chi connectivity index (χ2v) is 9.80. The maximum absolute atomic E-state index is 16.0. The molecule has 1 fully saturated rings. The van der Waals surface area contributed by atoms with E-state index in [1.54, 1.807) is 29.8 Å². The largest absolute Gasteiger partial charge is 0.335 e. The highest BCUT2D eigenvalue weighted by atomic mass is 32.1. The number of nitrogens with one attached hydrogen (secondary N) is 3. The number of fused-ring (bicyclic) bond motifs is 2.